The molecule has 94 valence electrons. The molecule has 1 N–H and O–H groups in total. The first-order valence-electron chi connectivity index (χ1n) is 6.39. The van der Waals surface area contributed by atoms with Crippen LogP contribution in [0.15, 0.2) is 24.3 Å². The van der Waals surface area contributed by atoms with Gasteiger partial charge in [0.25, 0.3) is 0 Å². The first-order chi connectivity index (χ1) is 8.74. The Bertz CT molecular complexity index is 547. The Labute approximate surface area is 111 Å². The summed E-state index contributed by atoms with van der Waals surface area (Å²) in [5.74, 6) is 2.01. The molecule has 0 bridgehead atoms. The maximum atomic E-state index is 4.60. The SMILES string of the molecule is CC(C)CNc1nc(C2Cc3ccccc32)ns1. The van der Waals surface area contributed by atoms with Crippen LogP contribution in [0.5, 0.6) is 0 Å². The summed E-state index contributed by atoms with van der Waals surface area (Å²) in [7, 11) is 0. The number of nitrogens with one attached hydrogen (secondary N) is 1. The largest absolute Gasteiger partial charge is 0.360 e. The fourth-order valence-corrected chi connectivity index (χ4v) is 2.86. The van der Waals surface area contributed by atoms with Crippen molar-refractivity contribution in [3.05, 3.63) is 41.2 Å². The molecule has 0 aliphatic heterocycles. The number of nitrogens with zero attached hydrogens (tertiary/aromatic N) is 2. The molecule has 1 heterocycles. The van der Waals surface area contributed by atoms with E-state index in [1.165, 1.54) is 22.7 Å². The highest BCUT2D eigenvalue weighted by atomic mass is 32.1. The smallest absolute Gasteiger partial charge is 0.202 e. The zero-order valence-corrected chi connectivity index (χ0v) is 11.5. The third-order valence-electron chi connectivity index (χ3n) is 3.27. The Kier molecular flexibility index (Phi) is 3.04. The van der Waals surface area contributed by atoms with Crippen molar-refractivity contribution in [1.29, 1.82) is 0 Å². The summed E-state index contributed by atoms with van der Waals surface area (Å²) in [4.78, 5) is 4.60. The second-order valence-electron chi connectivity index (χ2n) is 5.19. The molecule has 0 saturated carbocycles. The van der Waals surface area contributed by atoms with Crippen molar-refractivity contribution >= 4 is 16.7 Å². The molecule has 0 fully saturated rings. The predicted octanol–water partition coefficient (Wildman–Crippen LogP) is 3.29. The molecule has 1 aromatic heterocycles. The molecule has 4 heteroatoms. The van der Waals surface area contributed by atoms with Crippen molar-refractivity contribution in [2.24, 2.45) is 5.92 Å². The maximum Gasteiger partial charge on any atom is 0.202 e. The van der Waals surface area contributed by atoms with Crippen molar-refractivity contribution in [3.8, 4) is 0 Å². The second kappa shape index (κ2) is 4.69. The molecule has 2 aromatic rings. The third kappa shape index (κ3) is 2.12. The zero-order chi connectivity index (χ0) is 12.5. The highest BCUT2D eigenvalue weighted by Crippen LogP contribution is 2.39. The average molecular weight is 259 g/mol. The summed E-state index contributed by atoms with van der Waals surface area (Å²) >= 11 is 1.47. The Hall–Kier alpha value is -1.42. The van der Waals surface area contributed by atoms with E-state index in [0.29, 0.717) is 11.8 Å². The zero-order valence-electron chi connectivity index (χ0n) is 10.7. The van der Waals surface area contributed by atoms with Crippen molar-refractivity contribution in [2.45, 2.75) is 26.2 Å². The molecule has 0 amide bonds. The molecule has 3 rings (SSSR count). The molecule has 18 heavy (non-hydrogen) atoms. The van der Waals surface area contributed by atoms with Gasteiger partial charge in [0.1, 0.15) is 0 Å². The number of aromatic nitrogens is 2. The van der Waals surface area contributed by atoms with Crippen LogP contribution in [0.3, 0.4) is 0 Å². The Morgan fingerprint density at radius 3 is 3.00 bits per heavy atom. The van der Waals surface area contributed by atoms with Crippen LogP contribution in [-0.4, -0.2) is 15.9 Å². The lowest BCUT2D eigenvalue weighted by Gasteiger charge is -2.27. The number of hydrogen-bond donors (Lipinski definition) is 1. The molecule has 1 aliphatic rings. The summed E-state index contributed by atoms with van der Waals surface area (Å²) in [5, 5.41) is 4.28. The van der Waals surface area contributed by atoms with Gasteiger partial charge in [0.15, 0.2) is 5.82 Å². The number of rotatable bonds is 4. The normalized spacial score (nSPS) is 17.4. The van der Waals surface area contributed by atoms with E-state index in [1.54, 1.807) is 0 Å². The van der Waals surface area contributed by atoms with Crippen LogP contribution < -0.4 is 5.32 Å². The molecule has 3 nitrogen and oxygen atoms in total. The van der Waals surface area contributed by atoms with Gasteiger partial charge in [-0.2, -0.15) is 4.37 Å². The van der Waals surface area contributed by atoms with Crippen molar-refractivity contribution in [2.75, 3.05) is 11.9 Å². The molecule has 1 unspecified atom stereocenters. The third-order valence-corrected chi connectivity index (χ3v) is 3.96. The van der Waals surface area contributed by atoms with E-state index in [-0.39, 0.29) is 0 Å². The minimum atomic E-state index is 0.409. The van der Waals surface area contributed by atoms with Crippen molar-refractivity contribution in [3.63, 3.8) is 0 Å². The minimum Gasteiger partial charge on any atom is -0.360 e. The molecule has 0 radical (unpaired) electrons. The van der Waals surface area contributed by atoms with E-state index < -0.39 is 0 Å². The second-order valence-corrected chi connectivity index (χ2v) is 5.94. The highest BCUT2D eigenvalue weighted by molar-refractivity contribution is 7.09. The summed E-state index contributed by atoms with van der Waals surface area (Å²) in [5.41, 5.74) is 2.83. The van der Waals surface area contributed by atoms with E-state index in [2.05, 4.69) is 52.8 Å². The summed E-state index contributed by atoms with van der Waals surface area (Å²) < 4.78 is 4.48. The molecule has 0 spiro atoms. The fraction of sp³-hybridized carbons (Fsp3) is 0.429. The Balaban J connectivity index is 1.72. The quantitative estimate of drug-likeness (QED) is 0.915. The lowest BCUT2D eigenvalue weighted by molar-refractivity contribution is 0.668. The van der Waals surface area contributed by atoms with Crippen LogP contribution >= 0.6 is 11.5 Å². The van der Waals surface area contributed by atoms with Crippen LogP contribution in [0.1, 0.15) is 36.7 Å². The van der Waals surface area contributed by atoms with Gasteiger partial charge in [-0.05, 0) is 23.5 Å². The first kappa shape index (κ1) is 11.7. The molecular weight excluding hydrogens is 242 g/mol. The number of hydrogen-bond acceptors (Lipinski definition) is 4. The van der Waals surface area contributed by atoms with Crippen LogP contribution in [-0.2, 0) is 6.42 Å². The summed E-state index contributed by atoms with van der Waals surface area (Å²) in [6.07, 6.45) is 1.08. The van der Waals surface area contributed by atoms with Crippen LogP contribution in [0, 0.1) is 5.92 Å². The Morgan fingerprint density at radius 2 is 2.22 bits per heavy atom. The first-order valence-corrected chi connectivity index (χ1v) is 7.16. The number of anilines is 1. The maximum absolute atomic E-state index is 4.60. The van der Waals surface area contributed by atoms with Gasteiger partial charge in [-0.25, -0.2) is 4.98 Å². The lowest BCUT2D eigenvalue weighted by atomic mass is 9.77. The van der Waals surface area contributed by atoms with Crippen LogP contribution in [0.25, 0.3) is 0 Å². The molecule has 1 aromatic carbocycles. The standard InChI is InChI=1S/C14H17N3S/c1-9(2)8-15-14-16-13(17-18-14)12-7-10-5-3-4-6-11(10)12/h3-6,9,12H,7-8H2,1-2H3,(H,15,16,17). The Morgan fingerprint density at radius 1 is 1.39 bits per heavy atom. The highest BCUT2D eigenvalue weighted by Gasteiger charge is 2.30. The molecule has 1 atom stereocenters. The van der Waals surface area contributed by atoms with Crippen molar-refractivity contribution in [1.82, 2.24) is 9.36 Å². The van der Waals surface area contributed by atoms with Gasteiger partial charge in [-0.15, -0.1) is 0 Å². The molecule has 0 saturated heterocycles. The van der Waals surface area contributed by atoms with Gasteiger partial charge in [0.05, 0.1) is 0 Å². The van der Waals surface area contributed by atoms with Crippen LogP contribution in [0.2, 0.25) is 0 Å². The summed E-state index contributed by atoms with van der Waals surface area (Å²) in [6, 6.07) is 8.57. The van der Waals surface area contributed by atoms with Gasteiger partial charge < -0.3 is 5.32 Å². The van der Waals surface area contributed by atoms with Gasteiger partial charge in [0, 0.05) is 24.0 Å². The van der Waals surface area contributed by atoms with Crippen molar-refractivity contribution < 1.29 is 0 Å². The monoisotopic (exact) mass is 259 g/mol. The van der Waals surface area contributed by atoms with Crippen LogP contribution in [0.4, 0.5) is 5.13 Å². The van der Waals surface area contributed by atoms with E-state index in [1.807, 2.05) is 0 Å². The van der Waals surface area contributed by atoms with Gasteiger partial charge in [-0.1, -0.05) is 38.1 Å². The number of fused-ring (bicyclic) bond motifs is 1. The predicted molar refractivity (Wildman–Crippen MR) is 75.2 cm³/mol. The lowest BCUT2D eigenvalue weighted by Crippen LogP contribution is -2.19. The van der Waals surface area contributed by atoms with E-state index in [0.717, 1.165) is 23.9 Å². The van der Waals surface area contributed by atoms with E-state index in [9.17, 15) is 0 Å². The fourth-order valence-electron chi connectivity index (χ4n) is 2.23. The van der Waals surface area contributed by atoms with Gasteiger partial charge >= 0.3 is 0 Å². The van der Waals surface area contributed by atoms with E-state index in [4.69, 9.17) is 0 Å². The molecular formula is C14H17N3S. The van der Waals surface area contributed by atoms with E-state index >= 15 is 0 Å². The van der Waals surface area contributed by atoms with Gasteiger partial charge in [-0.3, -0.25) is 0 Å². The number of benzene rings is 1. The topological polar surface area (TPSA) is 37.8 Å². The minimum absolute atomic E-state index is 0.409. The molecule has 1 aliphatic carbocycles. The summed E-state index contributed by atoms with van der Waals surface area (Å²) in [6.45, 7) is 5.34. The average Bonchev–Trinajstić information content (AvgIpc) is 2.77. The van der Waals surface area contributed by atoms with Gasteiger partial charge in [0.2, 0.25) is 5.13 Å².